The third-order valence-corrected chi connectivity index (χ3v) is 11.0. The first-order chi connectivity index (χ1) is 29.5. The Morgan fingerprint density at radius 1 is 0.400 bits per heavy atom. The summed E-state index contributed by atoms with van der Waals surface area (Å²) in [6.07, 6.45) is 3.73. The molecule has 0 atom stereocenters. The molecule has 1 aliphatic rings. The van der Waals surface area contributed by atoms with Crippen LogP contribution in [0.4, 0.5) is 0 Å². The highest BCUT2D eigenvalue weighted by Gasteiger charge is 2.20. The second-order valence-electron chi connectivity index (χ2n) is 14.4. The summed E-state index contributed by atoms with van der Waals surface area (Å²) in [7, 11) is 6.70. The van der Waals surface area contributed by atoms with Crippen molar-refractivity contribution in [3.8, 4) is 23.0 Å². The molecule has 9 heteroatoms. The normalized spacial score (nSPS) is 12.6. The van der Waals surface area contributed by atoms with E-state index in [0.717, 1.165) is 117 Å². The van der Waals surface area contributed by atoms with Crippen molar-refractivity contribution in [2.45, 2.75) is 0 Å². The summed E-state index contributed by atoms with van der Waals surface area (Å²) in [5, 5.41) is 13.7. The summed E-state index contributed by atoms with van der Waals surface area (Å²) in [5.41, 5.74) is 12.4. The number of aromatic amines is 4. The van der Waals surface area contributed by atoms with Gasteiger partial charge in [0.05, 0.1) is 40.4 Å². The minimum atomic E-state index is -0.109. The van der Waals surface area contributed by atoms with E-state index in [-0.39, 0.29) is 6.61 Å². The second-order valence-corrected chi connectivity index (χ2v) is 14.4. The molecule has 4 aromatic heterocycles. The zero-order chi connectivity index (χ0) is 41.2. The predicted molar refractivity (Wildman–Crippen MR) is 236 cm³/mol. The summed E-state index contributed by atoms with van der Waals surface area (Å²) < 4.78 is 22.3. The quantitative estimate of drug-likeness (QED) is 0.111. The number of benzene rings is 4. The van der Waals surface area contributed by atoms with Gasteiger partial charge in [-0.1, -0.05) is 60.7 Å². The molecule has 5 heterocycles. The lowest BCUT2D eigenvalue weighted by molar-refractivity contribution is 0.343. The monoisotopic (exact) mass is 792 g/mol. The first-order valence-electron chi connectivity index (χ1n) is 19.6. The van der Waals surface area contributed by atoms with Crippen molar-refractivity contribution in [1.82, 2.24) is 19.9 Å². The molecular formula is C51H44N4O5. The Balaban J connectivity index is 1.45. The van der Waals surface area contributed by atoms with E-state index in [0.29, 0.717) is 0 Å². The Labute approximate surface area is 346 Å². The largest absolute Gasteiger partial charge is 0.497 e. The molecular weight excluding hydrogens is 749 g/mol. The van der Waals surface area contributed by atoms with Gasteiger partial charge >= 0.3 is 0 Å². The lowest BCUT2D eigenvalue weighted by atomic mass is 10.0. The van der Waals surface area contributed by atoms with Gasteiger partial charge in [-0.15, -0.1) is 0 Å². The van der Waals surface area contributed by atoms with Gasteiger partial charge in [-0.3, -0.25) is 0 Å². The van der Waals surface area contributed by atoms with Crippen molar-refractivity contribution in [2.75, 3.05) is 35.0 Å². The molecule has 0 radical (unpaired) electrons. The van der Waals surface area contributed by atoms with Crippen LogP contribution >= 0.6 is 0 Å². The molecule has 0 saturated carbocycles. The van der Waals surface area contributed by atoms with Crippen molar-refractivity contribution >= 4 is 28.4 Å². The van der Waals surface area contributed by atoms with Crippen molar-refractivity contribution in [3.05, 3.63) is 218 Å². The van der Waals surface area contributed by atoms with Crippen LogP contribution in [-0.4, -0.2) is 60.1 Å². The molecule has 9 rings (SSSR count). The SMILES string of the molecule is COc1ccc(C2=c3ccc([nH]3)=C(c3ccc(OC)cc3)c3ccc([nH]3)C(c3ccc(OC)cc3)=c3[nH]c(cc3C=CCO)=C(c3ccc(OC)cc3)c3ccc2[nH]3)cc1. The summed E-state index contributed by atoms with van der Waals surface area (Å²) in [6, 6.07) is 47.4. The van der Waals surface area contributed by atoms with E-state index in [1.807, 2.05) is 54.6 Å². The zero-order valence-electron chi connectivity index (χ0n) is 33.7. The molecule has 8 aromatic rings. The van der Waals surface area contributed by atoms with Gasteiger partial charge in [0.1, 0.15) is 23.0 Å². The van der Waals surface area contributed by atoms with E-state index in [9.17, 15) is 5.11 Å². The average molecular weight is 793 g/mol. The number of methoxy groups -OCH3 is 4. The lowest BCUT2D eigenvalue weighted by Crippen LogP contribution is -2.19. The molecule has 0 aliphatic carbocycles. The van der Waals surface area contributed by atoms with E-state index >= 15 is 0 Å². The van der Waals surface area contributed by atoms with Gasteiger partial charge in [0.25, 0.3) is 0 Å². The van der Waals surface area contributed by atoms with E-state index in [1.54, 1.807) is 34.5 Å². The third-order valence-electron chi connectivity index (χ3n) is 11.0. The molecule has 1 aliphatic heterocycles. The van der Waals surface area contributed by atoms with Crippen LogP contribution in [0, 0.1) is 0 Å². The summed E-state index contributed by atoms with van der Waals surface area (Å²) in [4.78, 5) is 15.4. The predicted octanol–water partition coefficient (Wildman–Crippen LogP) is 6.34. The number of ether oxygens (including phenoxy) is 4. The van der Waals surface area contributed by atoms with Gasteiger partial charge in [-0.25, -0.2) is 0 Å². The van der Waals surface area contributed by atoms with E-state index in [4.69, 9.17) is 18.9 Å². The molecule has 298 valence electrons. The molecule has 9 nitrogen and oxygen atoms in total. The van der Waals surface area contributed by atoms with Crippen LogP contribution in [0.3, 0.4) is 0 Å². The fourth-order valence-electron chi connectivity index (χ4n) is 8.02. The van der Waals surface area contributed by atoms with Gasteiger partial charge in [0.15, 0.2) is 0 Å². The van der Waals surface area contributed by atoms with Crippen molar-refractivity contribution in [2.24, 2.45) is 0 Å². The van der Waals surface area contributed by atoms with Gasteiger partial charge < -0.3 is 44.0 Å². The molecule has 8 bridgehead atoms. The second kappa shape index (κ2) is 16.3. The van der Waals surface area contributed by atoms with Crippen LogP contribution in [0.25, 0.3) is 28.4 Å². The number of aliphatic hydroxyl groups is 1. The number of hydrogen-bond donors (Lipinski definition) is 5. The maximum Gasteiger partial charge on any atom is 0.118 e. The first kappa shape index (κ1) is 37.9. The van der Waals surface area contributed by atoms with Crippen LogP contribution in [0.1, 0.15) is 50.6 Å². The fraction of sp³-hybridized carbons (Fsp3) is 0.0980. The minimum Gasteiger partial charge on any atom is -0.497 e. The first-order valence-corrected chi connectivity index (χ1v) is 19.6. The Morgan fingerprint density at radius 3 is 1.12 bits per heavy atom. The van der Waals surface area contributed by atoms with Crippen LogP contribution in [0.15, 0.2) is 146 Å². The van der Waals surface area contributed by atoms with Crippen molar-refractivity contribution < 1.29 is 24.1 Å². The third kappa shape index (κ3) is 7.12. The van der Waals surface area contributed by atoms with Crippen LogP contribution in [0.5, 0.6) is 23.0 Å². The lowest BCUT2D eigenvalue weighted by Gasteiger charge is -2.11. The molecule has 0 fully saturated rings. The smallest absolute Gasteiger partial charge is 0.118 e. The summed E-state index contributed by atoms with van der Waals surface area (Å²) in [6.45, 7) is -0.109. The Bertz CT molecular complexity index is 3090. The van der Waals surface area contributed by atoms with Gasteiger partial charge in [-0.2, -0.15) is 0 Å². The molecule has 0 unspecified atom stereocenters. The molecule has 5 N–H and O–H groups in total. The van der Waals surface area contributed by atoms with E-state index in [1.165, 1.54) is 0 Å². The highest BCUT2D eigenvalue weighted by molar-refractivity contribution is 5.86. The molecule has 0 saturated heterocycles. The number of aromatic nitrogens is 4. The summed E-state index contributed by atoms with van der Waals surface area (Å²) in [5.74, 6) is 3.07. The van der Waals surface area contributed by atoms with Crippen LogP contribution in [-0.2, 0) is 0 Å². The minimum absolute atomic E-state index is 0.109. The maximum atomic E-state index is 10.1. The molecule has 0 amide bonds. The summed E-state index contributed by atoms with van der Waals surface area (Å²) >= 11 is 0. The fourth-order valence-corrected chi connectivity index (χ4v) is 8.02. The Morgan fingerprint density at radius 2 is 0.750 bits per heavy atom. The molecule has 4 aromatic carbocycles. The number of H-pyrrole nitrogens is 4. The number of nitrogens with one attached hydrogen (secondary N) is 4. The maximum absolute atomic E-state index is 10.1. The standard InChI is InChI=1S/C51H44N4O5/c1-57-36-15-7-31(8-16-36)47-40-23-24-41(52-40)48(32-9-17-37(58-2)18-10-32)43-27-28-45(54-43)50(34-13-21-39(60-4)22-14-34)51-35(6-5-29-56)30-46(55-51)49(44-26-25-42(47)53-44)33-11-19-38(59-3)20-12-33/h5-28,30,52-56H,29H2,1-4H3. The highest BCUT2D eigenvalue weighted by atomic mass is 16.5. The van der Waals surface area contributed by atoms with E-state index < -0.39 is 0 Å². The number of fused-ring (bicyclic) bond motifs is 8. The van der Waals surface area contributed by atoms with Gasteiger partial charge in [0.2, 0.25) is 0 Å². The van der Waals surface area contributed by atoms with Crippen molar-refractivity contribution in [1.29, 1.82) is 0 Å². The van der Waals surface area contributed by atoms with Gasteiger partial charge in [0, 0.05) is 66.7 Å². The topological polar surface area (TPSA) is 120 Å². The number of rotatable bonds is 10. The van der Waals surface area contributed by atoms with Crippen molar-refractivity contribution in [3.63, 3.8) is 0 Å². The molecule has 0 spiro atoms. The number of aliphatic hydroxyl groups excluding tert-OH is 1. The Kier molecular flexibility index (Phi) is 10.3. The highest BCUT2D eigenvalue weighted by Crippen LogP contribution is 2.30. The van der Waals surface area contributed by atoms with Gasteiger partial charge in [-0.05, 0) is 113 Å². The Hall–Kier alpha value is -7.62. The van der Waals surface area contributed by atoms with E-state index in [2.05, 4.69) is 111 Å². The van der Waals surface area contributed by atoms with Crippen LogP contribution < -0.4 is 40.3 Å². The molecule has 60 heavy (non-hydrogen) atoms. The van der Waals surface area contributed by atoms with Crippen LogP contribution in [0.2, 0.25) is 0 Å². The average Bonchev–Trinajstić information content (AvgIpc) is 4.14. The number of hydrogen-bond acceptors (Lipinski definition) is 5. The zero-order valence-corrected chi connectivity index (χ0v) is 33.7.